The number of benzene rings is 1. The number of carbonyl (C=O) groups excluding carboxylic acids is 1. The van der Waals surface area contributed by atoms with Gasteiger partial charge in [-0.1, -0.05) is 37.3 Å². The SMILES string of the molecule is CCC(NC(=O)CN1CCC(c2ccccc2)CC1)c1cn2cccnc2n1. The van der Waals surface area contributed by atoms with Gasteiger partial charge in [0.05, 0.1) is 18.3 Å². The fourth-order valence-corrected chi connectivity index (χ4v) is 3.99. The molecular formula is C22H27N5O. The highest BCUT2D eigenvalue weighted by Gasteiger charge is 2.23. The van der Waals surface area contributed by atoms with Gasteiger partial charge in [0, 0.05) is 18.6 Å². The van der Waals surface area contributed by atoms with Gasteiger partial charge in [0.2, 0.25) is 11.7 Å². The number of imidazole rings is 1. The number of aromatic nitrogens is 3. The van der Waals surface area contributed by atoms with Crippen molar-refractivity contribution in [3.8, 4) is 0 Å². The molecule has 1 aliphatic rings. The fraction of sp³-hybridized carbons (Fsp3) is 0.409. The molecule has 0 radical (unpaired) electrons. The van der Waals surface area contributed by atoms with E-state index in [0.717, 1.165) is 38.0 Å². The van der Waals surface area contributed by atoms with Crippen molar-refractivity contribution in [2.45, 2.75) is 38.1 Å². The van der Waals surface area contributed by atoms with E-state index in [1.54, 1.807) is 6.20 Å². The zero-order valence-electron chi connectivity index (χ0n) is 16.3. The third kappa shape index (κ3) is 4.22. The van der Waals surface area contributed by atoms with E-state index < -0.39 is 0 Å². The van der Waals surface area contributed by atoms with E-state index in [1.165, 1.54) is 5.56 Å². The van der Waals surface area contributed by atoms with Gasteiger partial charge in [0.1, 0.15) is 0 Å². The summed E-state index contributed by atoms with van der Waals surface area (Å²) in [6, 6.07) is 12.5. The maximum absolute atomic E-state index is 12.6. The number of hydrogen-bond acceptors (Lipinski definition) is 4. The molecule has 28 heavy (non-hydrogen) atoms. The van der Waals surface area contributed by atoms with Gasteiger partial charge in [-0.2, -0.15) is 0 Å². The summed E-state index contributed by atoms with van der Waals surface area (Å²) in [5, 5.41) is 3.15. The number of nitrogens with one attached hydrogen (secondary N) is 1. The number of amides is 1. The Bertz CT molecular complexity index is 882. The third-order valence-corrected chi connectivity index (χ3v) is 5.58. The summed E-state index contributed by atoms with van der Waals surface area (Å²) >= 11 is 0. The van der Waals surface area contributed by atoms with Gasteiger partial charge in [-0.25, -0.2) is 9.97 Å². The first kappa shape index (κ1) is 18.6. The van der Waals surface area contributed by atoms with Crippen molar-refractivity contribution in [1.29, 1.82) is 0 Å². The van der Waals surface area contributed by atoms with Crippen LogP contribution < -0.4 is 5.32 Å². The molecule has 146 valence electrons. The van der Waals surface area contributed by atoms with Crippen molar-refractivity contribution in [2.75, 3.05) is 19.6 Å². The summed E-state index contributed by atoms with van der Waals surface area (Å²) in [7, 11) is 0. The number of nitrogens with zero attached hydrogens (tertiary/aromatic N) is 4. The van der Waals surface area contributed by atoms with E-state index in [0.29, 0.717) is 18.2 Å². The molecule has 2 aromatic heterocycles. The van der Waals surface area contributed by atoms with Gasteiger partial charge >= 0.3 is 0 Å². The topological polar surface area (TPSA) is 62.5 Å². The van der Waals surface area contributed by atoms with Crippen LogP contribution in [-0.4, -0.2) is 44.8 Å². The summed E-state index contributed by atoms with van der Waals surface area (Å²) in [6.45, 7) is 4.43. The summed E-state index contributed by atoms with van der Waals surface area (Å²) in [4.78, 5) is 23.7. The normalized spacial score (nSPS) is 16.9. The van der Waals surface area contributed by atoms with Crippen LogP contribution in [0.3, 0.4) is 0 Å². The summed E-state index contributed by atoms with van der Waals surface area (Å²) in [5.74, 6) is 1.33. The number of rotatable bonds is 6. The largest absolute Gasteiger partial charge is 0.347 e. The molecule has 1 saturated heterocycles. The van der Waals surface area contributed by atoms with Crippen LogP contribution in [-0.2, 0) is 4.79 Å². The number of piperidine rings is 1. The van der Waals surface area contributed by atoms with Gasteiger partial charge in [-0.05, 0) is 49.9 Å². The van der Waals surface area contributed by atoms with Crippen LogP contribution in [0.2, 0.25) is 0 Å². The lowest BCUT2D eigenvalue weighted by Gasteiger charge is -2.32. The standard InChI is InChI=1S/C22H27N5O/c1-2-19(20-15-27-12-6-11-23-22(27)25-20)24-21(28)16-26-13-9-18(10-14-26)17-7-4-3-5-8-17/h3-8,11-12,15,18-19H,2,9-10,13-14,16H2,1H3,(H,24,28). The molecule has 0 spiro atoms. The molecular weight excluding hydrogens is 350 g/mol. The first-order valence-electron chi connectivity index (χ1n) is 10.1. The lowest BCUT2D eigenvalue weighted by molar-refractivity contribution is -0.123. The Balaban J connectivity index is 1.31. The Morgan fingerprint density at radius 2 is 2.00 bits per heavy atom. The van der Waals surface area contributed by atoms with Crippen LogP contribution >= 0.6 is 0 Å². The minimum atomic E-state index is -0.0870. The Labute approximate surface area is 165 Å². The minimum absolute atomic E-state index is 0.0648. The average Bonchev–Trinajstić information content (AvgIpc) is 3.17. The van der Waals surface area contributed by atoms with Gasteiger partial charge in [0.25, 0.3) is 0 Å². The minimum Gasteiger partial charge on any atom is -0.347 e. The fourth-order valence-electron chi connectivity index (χ4n) is 3.99. The molecule has 4 rings (SSSR count). The zero-order chi connectivity index (χ0) is 19.3. The molecule has 0 saturated carbocycles. The van der Waals surface area contributed by atoms with Gasteiger partial charge in [-0.3, -0.25) is 14.1 Å². The highest BCUT2D eigenvalue weighted by atomic mass is 16.2. The maximum atomic E-state index is 12.6. The van der Waals surface area contributed by atoms with Gasteiger partial charge in [0.15, 0.2) is 0 Å². The van der Waals surface area contributed by atoms with E-state index >= 15 is 0 Å². The second-order valence-corrected chi connectivity index (χ2v) is 7.48. The van der Waals surface area contributed by atoms with Crippen molar-refractivity contribution in [2.24, 2.45) is 0 Å². The van der Waals surface area contributed by atoms with Crippen LogP contribution in [0, 0.1) is 0 Å². The second-order valence-electron chi connectivity index (χ2n) is 7.48. The predicted molar refractivity (Wildman–Crippen MR) is 109 cm³/mol. The van der Waals surface area contributed by atoms with Crippen molar-refractivity contribution >= 4 is 11.7 Å². The van der Waals surface area contributed by atoms with Crippen LogP contribution in [0.15, 0.2) is 55.0 Å². The summed E-state index contributed by atoms with van der Waals surface area (Å²) in [5.41, 5.74) is 2.27. The number of likely N-dealkylation sites (tertiary alicyclic amines) is 1. The average molecular weight is 377 g/mol. The van der Waals surface area contributed by atoms with Crippen molar-refractivity contribution in [3.63, 3.8) is 0 Å². The molecule has 1 amide bonds. The Morgan fingerprint density at radius 1 is 1.21 bits per heavy atom. The predicted octanol–water partition coefficient (Wildman–Crippen LogP) is 3.18. The Hall–Kier alpha value is -2.73. The zero-order valence-corrected chi connectivity index (χ0v) is 16.3. The molecule has 6 nitrogen and oxygen atoms in total. The molecule has 6 heteroatoms. The molecule has 0 bridgehead atoms. The van der Waals surface area contributed by atoms with E-state index in [9.17, 15) is 4.79 Å². The molecule has 3 heterocycles. The van der Waals surface area contributed by atoms with Crippen LogP contribution in [0.1, 0.15) is 49.4 Å². The molecule has 1 N–H and O–H groups in total. The Morgan fingerprint density at radius 3 is 2.71 bits per heavy atom. The molecule has 1 atom stereocenters. The smallest absolute Gasteiger partial charge is 0.234 e. The van der Waals surface area contributed by atoms with Crippen LogP contribution in [0.5, 0.6) is 0 Å². The molecule has 1 aliphatic heterocycles. The first-order valence-corrected chi connectivity index (χ1v) is 10.1. The van der Waals surface area contributed by atoms with E-state index in [4.69, 9.17) is 0 Å². The molecule has 0 aliphatic carbocycles. The molecule has 1 unspecified atom stereocenters. The summed E-state index contributed by atoms with van der Waals surface area (Å²) in [6.07, 6.45) is 8.60. The van der Waals surface area contributed by atoms with E-state index in [1.807, 2.05) is 22.9 Å². The van der Waals surface area contributed by atoms with Crippen molar-refractivity contribution in [3.05, 3.63) is 66.2 Å². The Kier molecular flexibility index (Phi) is 5.67. The molecule has 1 fully saturated rings. The molecule has 1 aromatic carbocycles. The first-order chi connectivity index (χ1) is 13.7. The van der Waals surface area contributed by atoms with Crippen LogP contribution in [0.4, 0.5) is 0 Å². The van der Waals surface area contributed by atoms with Crippen molar-refractivity contribution < 1.29 is 4.79 Å². The maximum Gasteiger partial charge on any atom is 0.234 e. The lowest BCUT2D eigenvalue weighted by Crippen LogP contribution is -2.42. The van der Waals surface area contributed by atoms with Gasteiger partial charge < -0.3 is 5.32 Å². The van der Waals surface area contributed by atoms with Gasteiger partial charge in [-0.15, -0.1) is 0 Å². The van der Waals surface area contributed by atoms with E-state index in [2.05, 4.69) is 57.4 Å². The number of carbonyl (C=O) groups is 1. The number of fused-ring (bicyclic) bond motifs is 1. The van der Waals surface area contributed by atoms with E-state index in [-0.39, 0.29) is 11.9 Å². The third-order valence-electron chi connectivity index (χ3n) is 5.58. The number of hydrogen-bond donors (Lipinski definition) is 1. The monoisotopic (exact) mass is 377 g/mol. The highest BCUT2D eigenvalue weighted by Crippen LogP contribution is 2.27. The second kappa shape index (κ2) is 8.52. The van der Waals surface area contributed by atoms with Crippen LogP contribution in [0.25, 0.3) is 5.78 Å². The lowest BCUT2D eigenvalue weighted by atomic mass is 9.89. The quantitative estimate of drug-likeness (QED) is 0.717. The summed E-state index contributed by atoms with van der Waals surface area (Å²) < 4.78 is 1.89. The highest BCUT2D eigenvalue weighted by molar-refractivity contribution is 5.78. The van der Waals surface area contributed by atoms with Crippen molar-refractivity contribution in [1.82, 2.24) is 24.6 Å². The molecule has 3 aromatic rings.